The number of halogens is 1. The molecular formula is C11H21ClOS. The highest BCUT2D eigenvalue weighted by Crippen LogP contribution is 2.10. The van der Waals surface area contributed by atoms with Crippen molar-refractivity contribution < 1.29 is 4.79 Å². The number of carbonyl (C=O) groups excluding carboxylic acids is 1. The van der Waals surface area contributed by atoms with E-state index < -0.39 is 0 Å². The highest BCUT2D eigenvalue weighted by molar-refractivity contribution is 7.96. The third-order valence-electron chi connectivity index (χ3n) is 2.27. The summed E-state index contributed by atoms with van der Waals surface area (Å²) in [4.78, 5) is 10.5. The maximum atomic E-state index is 10.5. The van der Waals surface area contributed by atoms with Gasteiger partial charge in [0.1, 0.15) is 0 Å². The van der Waals surface area contributed by atoms with Crippen molar-refractivity contribution in [3.8, 4) is 0 Å². The van der Waals surface area contributed by atoms with E-state index in [0.717, 1.165) is 18.7 Å². The number of hydrogen-bond donors (Lipinski definition) is 1. The summed E-state index contributed by atoms with van der Waals surface area (Å²) < 4.78 is 0. The maximum Gasteiger partial charge on any atom is 0.185 e. The molecule has 0 aliphatic carbocycles. The average Bonchev–Trinajstić information content (AvgIpc) is 2.15. The Balaban J connectivity index is 2.88. The largest absolute Gasteiger partial charge is 0.288 e. The third kappa shape index (κ3) is 12.3. The molecular weight excluding hydrogens is 216 g/mol. The van der Waals surface area contributed by atoms with E-state index in [2.05, 4.69) is 12.6 Å². The van der Waals surface area contributed by atoms with Crippen LogP contribution in [-0.2, 0) is 4.79 Å². The van der Waals surface area contributed by atoms with Crippen LogP contribution >= 0.6 is 24.2 Å². The molecule has 14 heavy (non-hydrogen) atoms. The summed E-state index contributed by atoms with van der Waals surface area (Å²) in [6.07, 6.45) is 10.4. The van der Waals surface area contributed by atoms with Gasteiger partial charge in [0.15, 0.2) is 5.12 Å². The van der Waals surface area contributed by atoms with Gasteiger partial charge in [-0.15, -0.1) is 24.2 Å². The summed E-state index contributed by atoms with van der Waals surface area (Å²) >= 11 is 9.30. The molecule has 0 spiro atoms. The van der Waals surface area contributed by atoms with Gasteiger partial charge in [-0.25, -0.2) is 0 Å². The molecule has 0 aromatic rings. The predicted octanol–water partition coefficient (Wildman–Crippen LogP) is 4.19. The van der Waals surface area contributed by atoms with Crippen LogP contribution in [0.15, 0.2) is 0 Å². The zero-order valence-electron chi connectivity index (χ0n) is 8.80. The topological polar surface area (TPSA) is 17.1 Å². The highest BCUT2D eigenvalue weighted by Gasteiger charge is 1.95. The third-order valence-corrected chi connectivity index (χ3v) is 2.77. The fourth-order valence-corrected chi connectivity index (χ4v) is 1.78. The Morgan fingerprint density at radius 1 is 0.857 bits per heavy atom. The van der Waals surface area contributed by atoms with Crippen molar-refractivity contribution in [1.82, 2.24) is 0 Å². The van der Waals surface area contributed by atoms with E-state index in [1.165, 1.54) is 38.5 Å². The number of unbranched alkanes of at least 4 members (excludes halogenated alkanes) is 7. The van der Waals surface area contributed by atoms with E-state index in [1.807, 2.05) is 0 Å². The van der Waals surface area contributed by atoms with Gasteiger partial charge in [-0.2, -0.15) is 0 Å². The molecule has 84 valence electrons. The van der Waals surface area contributed by atoms with Crippen LogP contribution in [0.4, 0.5) is 0 Å². The summed E-state index contributed by atoms with van der Waals surface area (Å²) in [5, 5.41) is 0.0205. The van der Waals surface area contributed by atoms with Crippen molar-refractivity contribution in [3.63, 3.8) is 0 Å². The first-order valence-electron chi connectivity index (χ1n) is 5.55. The summed E-state index contributed by atoms with van der Waals surface area (Å²) in [6, 6.07) is 0. The smallest absolute Gasteiger partial charge is 0.185 e. The summed E-state index contributed by atoms with van der Waals surface area (Å²) in [7, 11) is 0. The Hall–Kier alpha value is 0.310. The van der Waals surface area contributed by atoms with Gasteiger partial charge in [-0.05, 0) is 12.8 Å². The van der Waals surface area contributed by atoms with Crippen LogP contribution in [0, 0.1) is 0 Å². The quantitative estimate of drug-likeness (QED) is 0.342. The standard InChI is InChI=1S/C11H21ClOS/c12-10-8-6-4-2-1-3-5-7-9-11(13)14/h1-10H2,(H,13,14). The zero-order chi connectivity index (χ0) is 10.6. The van der Waals surface area contributed by atoms with Crippen LogP contribution in [0.5, 0.6) is 0 Å². The van der Waals surface area contributed by atoms with Gasteiger partial charge in [-0.1, -0.05) is 38.5 Å². The summed E-state index contributed by atoms with van der Waals surface area (Å²) in [5.74, 6) is 0.796. The Morgan fingerprint density at radius 2 is 1.29 bits per heavy atom. The van der Waals surface area contributed by atoms with E-state index >= 15 is 0 Å². The van der Waals surface area contributed by atoms with Crippen molar-refractivity contribution in [2.24, 2.45) is 0 Å². The maximum absolute atomic E-state index is 10.5. The number of hydrogen-bond acceptors (Lipinski definition) is 1. The first-order chi connectivity index (χ1) is 6.77. The fourth-order valence-electron chi connectivity index (χ4n) is 1.43. The van der Waals surface area contributed by atoms with Crippen LogP contribution in [0.2, 0.25) is 0 Å². The molecule has 0 aliphatic heterocycles. The van der Waals surface area contributed by atoms with E-state index in [0.29, 0.717) is 6.42 Å². The minimum absolute atomic E-state index is 0.0205. The number of carbonyl (C=O) groups is 1. The molecule has 0 fully saturated rings. The lowest BCUT2D eigenvalue weighted by Crippen LogP contribution is -1.86. The Bertz CT molecular complexity index is 139. The van der Waals surface area contributed by atoms with Crippen molar-refractivity contribution in [3.05, 3.63) is 0 Å². The molecule has 0 heterocycles. The van der Waals surface area contributed by atoms with Gasteiger partial charge in [0, 0.05) is 12.3 Å². The van der Waals surface area contributed by atoms with Gasteiger partial charge in [0.2, 0.25) is 0 Å². The molecule has 1 nitrogen and oxygen atoms in total. The van der Waals surface area contributed by atoms with Crippen LogP contribution in [0.1, 0.15) is 57.8 Å². The van der Waals surface area contributed by atoms with E-state index in [4.69, 9.17) is 11.6 Å². The molecule has 0 rings (SSSR count). The normalized spacial score (nSPS) is 10.4. The van der Waals surface area contributed by atoms with Crippen LogP contribution < -0.4 is 0 Å². The number of rotatable bonds is 10. The van der Waals surface area contributed by atoms with Crippen molar-refractivity contribution in [1.29, 1.82) is 0 Å². The van der Waals surface area contributed by atoms with E-state index in [1.54, 1.807) is 0 Å². The van der Waals surface area contributed by atoms with Crippen molar-refractivity contribution in [2.45, 2.75) is 57.8 Å². The van der Waals surface area contributed by atoms with Gasteiger partial charge in [0.25, 0.3) is 0 Å². The first kappa shape index (κ1) is 14.3. The van der Waals surface area contributed by atoms with Crippen molar-refractivity contribution >= 4 is 29.3 Å². The fraction of sp³-hybridized carbons (Fsp3) is 0.909. The van der Waals surface area contributed by atoms with Crippen LogP contribution in [0.3, 0.4) is 0 Å². The second-order valence-electron chi connectivity index (χ2n) is 3.66. The van der Waals surface area contributed by atoms with Gasteiger partial charge in [-0.3, -0.25) is 4.79 Å². The Labute approximate surface area is 98.0 Å². The minimum Gasteiger partial charge on any atom is -0.288 e. The van der Waals surface area contributed by atoms with Crippen LogP contribution in [0.25, 0.3) is 0 Å². The molecule has 0 atom stereocenters. The lowest BCUT2D eigenvalue weighted by atomic mass is 10.1. The van der Waals surface area contributed by atoms with Crippen LogP contribution in [-0.4, -0.2) is 11.0 Å². The molecule has 0 saturated carbocycles. The molecule has 0 radical (unpaired) electrons. The predicted molar refractivity (Wildman–Crippen MR) is 66.3 cm³/mol. The molecule has 0 bridgehead atoms. The molecule has 0 N–H and O–H groups in total. The van der Waals surface area contributed by atoms with E-state index in [-0.39, 0.29) is 5.12 Å². The lowest BCUT2D eigenvalue weighted by Gasteiger charge is -2.00. The van der Waals surface area contributed by atoms with E-state index in [9.17, 15) is 4.79 Å². The SMILES string of the molecule is O=C(S)CCCCCCCCCCCl. The van der Waals surface area contributed by atoms with Gasteiger partial charge >= 0.3 is 0 Å². The summed E-state index contributed by atoms with van der Waals surface area (Å²) in [5.41, 5.74) is 0. The highest BCUT2D eigenvalue weighted by atomic mass is 35.5. The minimum atomic E-state index is 0.0205. The number of alkyl halides is 1. The molecule has 0 unspecified atom stereocenters. The molecule has 0 aromatic carbocycles. The average molecular weight is 237 g/mol. The first-order valence-corrected chi connectivity index (χ1v) is 6.53. The Kier molecular flexibility index (Phi) is 11.6. The molecule has 0 saturated heterocycles. The molecule has 3 heteroatoms. The monoisotopic (exact) mass is 236 g/mol. The molecule has 0 aromatic heterocycles. The van der Waals surface area contributed by atoms with Crippen molar-refractivity contribution in [2.75, 3.05) is 5.88 Å². The summed E-state index contributed by atoms with van der Waals surface area (Å²) in [6.45, 7) is 0. The lowest BCUT2D eigenvalue weighted by molar-refractivity contribution is -0.110. The second kappa shape index (κ2) is 11.4. The zero-order valence-corrected chi connectivity index (χ0v) is 10.5. The second-order valence-corrected chi connectivity index (χ2v) is 4.54. The van der Waals surface area contributed by atoms with Gasteiger partial charge < -0.3 is 0 Å². The molecule has 0 aliphatic rings. The number of thiol groups is 1. The molecule has 0 amide bonds. The Morgan fingerprint density at radius 3 is 1.71 bits per heavy atom. The van der Waals surface area contributed by atoms with Gasteiger partial charge in [0.05, 0.1) is 0 Å².